The highest BCUT2D eigenvalue weighted by molar-refractivity contribution is 6.29. The number of aromatic nitrogens is 1. The summed E-state index contributed by atoms with van der Waals surface area (Å²) in [6, 6.07) is 3.36. The minimum atomic E-state index is -0.444. The largest absolute Gasteiger partial charge is 0.369 e. The van der Waals surface area contributed by atoms with Crippen LogP contribution in [0, 0.1) is 5.92 Å². The van der Waals surface area contributed by atoms with Crippen LogP contribution in [0.4, 0.5) is 0 Å². The average molecular weight is 268 g/mol. The third-order valence-electron chi connectivity index (χ3n) is 3.40. The van der Waals surface area contributed by atoms with Crippen LogP contribution in [0.5, 0.6) is 0 Å². The summed E-state index contributed by atoms with van der Waals surface area (Å²) >= 11 is 5.73. The van der Waals surface area contributed by atoms with Gasteiger partial charge in [-0.15, -0.1) is 0 Å². The van der Waals surface area contributed by atoms with E-state index in [1.165, 1.54) is 6.20 Å². The summed E-state index contributed by atoms with van der Waals surface area (Å²) < 4.78 is 5.95. The number of halogens is 1. The van der Waals surface area contributed by atoms with Crippen LogP contribution in [0.15, 0.2) is 18.3 Å². The van der Waals surface area contributed by atoms with Gasteiger partial charge in [-0.1, -0.05) is 11.6 Å². The molecule has 1 fully saturated rings. The van der Waals surface area contributed by atoms with Gasteiger partial charge in [0.25, 0.3) is 0 Å². The van der Waals surface area contributed by atoms with E-state index >= 15 is 0 Å². The zero-order valence-corrected chi connectivity index (χ0v) is 11.9. The van der Waals surface area contributed by atoms with Gasteiger partial charge in [0.2, 0.25) is 0 Å². The van der Waals surface area contributed by atoms with Gasteiger partial charge in [-0.3, -0.25) is 4.79 Å². The van der Waals surface area contributed by atoms with E-state index in [1.807, 2.05) is 27.7 Å². The third kappa shape index (κ3) is 2.57. The van der Waals surface area contributed by atoms with E-state index in [0.29, 0.717) is 10.7 Å². The Bertz CT molecular complexity index is 465. The number of carbonyl (C=O) groups is 1. The molecule has 1 atom stereocenters. The van der Waals surface area contributed by atoms with E-state index in [4.69, 9.17) is 16.3 Å². The van der Waals surface area contributed by atoms with Crippen LogP contribution in [0.1, 0.15) is 44.5 Å². The standard InChI is InChI=1S/C14H18ClNO2/c1-13(2)7-10(14(3,4)18-13)12(17)9-5-6-11(15)16-8-9/h5-6,8,10H,7H2,1-4H3. The summed E-state index contributed by atoms with van der Waals surface area (Å²) in [5.74, 6) is -0.0646. The summed E-state index contributed by atoms with van der Waals surface area (Å²) in [6.45, 7) is 7.96. The Morgan fingerprint density at radius 2 is 2.06 bits per heavy atom. The number of ketones is 1. The first-order valence-electron chi connectivity index (χ1n) is 6.07. The van der Waals surface area contributed by atoms with Crippen LogP contribution in [-0.4, -0.2) is 22.0 Å². The molecule has 2 heterocycles. The number of Topliss-reactive ketones (excluding diaryl/α,β-unsaturated/α-hetero) is 1. The van der Waals surface area contributed by atoms with Gasteiger partial charge in [0, 0.05) is 11.8 Å². The van der Waals surface area contributed by atoms with Crippen molar-refractivity contribution in [1.29, 1.82) is 0 Å². The second-order valence-electron chi connectivity index (χ2n) is 5.96. The Balaban J connectivity index is 2.27. The molecule has 1 aliphatic heterocycles. The highest BCUT2D eigenvalue weighted by Crippen LogP contribution is 2.43. The van der Waals surface area contributed by atoms with Crippen molar-refractivity contribution in [2.45, 2.75) is 45.3 Å². The van der Waals surface area contributed by atoms with Gasteiger partial charge in [-0.2, -0.15) is 0 Å². The fourth-order valence-corrected chi connectivity index (χ4v) is 2.81. The van der Waals surface area contributed by atoms with Gasteiger partial charge in [0.1, 0.15) is 5.15 Å². The Kier molecular flexibility index (Phi) is 3.24. The lowest BCUT2D eigenvalue weighted by molar-refractivity contribution is -0.0712. The van der Waals surface area contributed by atoms with E-state index in [2.05, 4.69) is 4.98 Å². The Labute approximate surface area is 113 Å². The fraction of sp³-hybridized carbons (Fsp3) is 0.571. The number of ether oxygens (including phenoxy) is 1. The second-order valence-corrected chi connectivity index (χ2v) is 6.34. The van der Waals surface area contributed by atoms with E-state index in [0.717, 1.165) is 6.42 Å². The maximum absolute atomic E-state index is 12.5. The molecule has 0 spiro atoms. The molecule has 1 saturated heterocycles. The zero-order valence-electron chi connectivity index (χ0n) is 11.2. The van der Waals surface area contributed by atoms with Crippen LogP contribution in [0.25, 0.3) is 0 Å². The van der Waals surface area contributed by atoms with Crippen molar-refractivity contribution in [3.63, 3.8) is 0 Å². The first-order chi connectivity index (χ1) is 8.21. The Morgan fingerprint density at radius 1 is 1.39 bits per heavy atom. The summed E-state index contributed by atoms with van der Waals surface area (Å²) in [4.78, 5) is 16.5. The molecule has 3 nitrogen and oxygen atoms in total. The lowest BCUT2D eigenvalue weighted by Gasteiger charge is -2.26. The van der Waals surface area contributed by atoms with Gasteiger partial charge < -0.3 is 4.74 Å². The van der Waals surface area contributed by atoms with Crippen LogP contribution in [0.2, 0.25) is 5.15 Å². The first-order valence-corrected chi connectivity index (χ1v) is 6.45. The summed E-state index contributed by atoms with van der Waals surface area (Å²) in [5, 5.41) is 0.397. The first kappa shape index (κ1) is 13.5. The molecule has 1 aliphatic rings. The van der Waals surface area contributed by atoms with Crippen molar-refractivity contribution < 1.29 is 9.53 Å². The molecule has 4 heteroatoms. The highest BCUT2D eigenvalue weighted by atomic mass is 35.5. The summed E-state index contributed by atoms with van der Waals surface area (Å²) in [5.41, 5.74) is -0.108. The van der Waals surface area contributed by atoms with Gasteiger partial charge in [-0.05, 0) is 46.2 Å². The highest BCUT2D eigenvalue weighted by Gasteiger charge is 2.49. The van der Waals surface area contributed by atoms with Gasteiger partial charge in [-0.25, -0.2) is 4.98 Å². The van der Waals surface area contributed by atoms with E-state index in [-0.39, 0.29) is 17.3 Å². The maximum atomic E-state index is 12.5. The second kappa shape index (κ2) is 4.32. The number of nitrogens with zero attached hydrogens (tertiary/aromatic N) is 1. The van der Waals surface area contributed by atoms with Gasteiger partial charge in [0.15, 0.2) is 5.78 Å². The van der Waals surface area contributed by atoms with Crippen molar-refractivity contribution in [3.8, 4) is 0 Å². The molecule has 0 amide bonds. The number of hydrogen-bond donors (Lipinski definition) is 0. The van der Waals surface area contributed by atoms with Crippen LogP contribution >= 0.6 is 11.6 Å². The smallest absolute Gasteiger partial charge is 0.170 e. The molecule has 2 rings (SSSR count). The number of hydrogen-bond acceptors (Lipinski definition) is 3. The molecule has 0 aliphatic carbocycles. The third-order valence-corrected chi connectivity index (χ3v) is 3.63. The van der Waals surface area contributed by atoms with E-state index in [1.54, 1.807) is 12.1 Å². The van der Waals surface area contributed by atoms with E-state index < -0.39 is 5.60 Å². The number of carbonyl (C=O) groups excluding carboxylic acids is 1. The molecule has 0 bridgehead atoms. The monoisotopic (exact) mass is 267 g/mol. The van der Waals surface area contributed by atoms with Crippen LogP contribution in [0.3, 0.4) is 0 Å². The van der Waals surface area contributed by atoms with Crippen molar-refractivity contribution in [1.82, 2.24) is 4.98 Å². The number of rotatable bonds is 2. The minimum Gasteiger partial charge on any atom is -0.369 e. The molecule has 18 heavy (non-hydrogen) atoms. The number of pyridine rings is 1. The van der Waals surface area contributed by atoms with Crippen molar-refractivity contribution in [2.75, 3.05) is 0 Å². The topological polar surface area (TPSA) is 39.2 Å². The molecule has 0 N–H and O–H groups in total. The Morgan fingerprint density at radius 3 is 2.50 bits per heavy atom. The maximum Gasteiger partial charge on any atom is 0.170 e. The van der Waals surface area contributed by atoms with Crippen molar-refractivity contribution >= 4 is 17.4 Å². The zero-order chi connectivity index (χ0) is 13.6. The predicted molar refractivity (Wildman–Crippen MR) is 70.9 cm³/mol. The molecular formula is C14H18ClNO2. The predicted octanol–water partition coefficient (Wildman–Crippen LogP) is 3.51. The van der Waals surface area contributed by atoms with Crippen molar-refractivity contribution in [2.24, 2.45) is 5.92 Å². The molecule has 98 valence electrons. The molecule has 0 saturated carbocycles. The van der Waals surface area contributed by atoms with Crippen molar-refractivity contribution in [3.05, 3.63) is 29.0 Å². The molecule has 0 radical (unpaired) electrons. The summed E-state index contributed by atoms with van der Waals surface area (Å²) in [7, 11) is 0. The fourth-order valence-electron chi connectivity index (χ4n) is 2.69. The molecule has 1 aromatic rings. The minimum absolute atomic E-state index is 0.0785. The molecule has 1 aromatic heterocycles. The van der Waals surface area contributed by atoms with Gasteiger partial charge in [0.05, 0.1) is 17.1 Å². The van der Waals surface area contributed by atoms with Crippen LogP contribution < -0.4 is 0 Å². The normalized spacial score (nSPS) is 25.1. The average Bonchev–Trinajstić information content (AvgIpc) is 2.47. The molecular weight excluding hydrogens is 250 g/mol. The van der Waals surface area contributed by atoms with Gasteiger partial charge >= 0.3 is 0 Å². The SMILES string of the molecule is CC1(C)CC(C(=O)c2ccc(Cl)nc2)C(C)(C)O1. The van der Waals surface area contributed by atoms with Crippen LogP contribution in [-0.2, 0) is 4.74 Å². The molecule has 1 unspecified atom stereocenters. The molecule has 0 aromatic carbocycles. The Hall–Kier alpha value is -0.930. The quantitative estimate of drug-likeness (QED) is 0.608. The van der Waals surface area contributed by atoms with E-state index in [9.17, 15) is 4.79 Å². The lowest BCUT2D eigenvalue weighted by Crippen LogP contribution is -2.33. The lowest BCUT2D eigenvalue weighted by atomic mass is 9.82. The summed E-state index contributed by atoms with van der Waals surface area (Å²) in [6.07, 6.45) is 2.26.